The quantitative estimate of drug-likeness (QED) is 0.274. The van der Waals surface area contributed by atoms with Crippen LogP contribution in [0.1, 0.15) is 56.1 Å². The first kappa shape index (κ1) is 29.5. The van der Waals surface area contributed by atoms with Crippen LogP contribution in [-0.2, 0) is 18.2 Å². The number of carbonyl (C=O) groups is 1. The Bertz CT molecular complexity index is 2130. The summed E-state index contributed by atoms with van der Waals surface area (Å²) in [5.74, 6) is 3.54. The lowest BCUT2D eigenvalue weighted by Gasteiger charge is -2.34. The fraction of sp³-hybridized carbons (Fsp3) is 0.273. The fourth-order valence-corrected chi connectivity index (χ4v) is 5.67. The Balaban J connectivity index is 1.58. The molecule has 0 fully saturated rings. The molecule has 0 aliphatic carbocycles. The lowest BCUT2D eigenvalue weighted by molar-refractivity contribution is 0.0159. The third-order valence-electron chi connectivity index (χ3n) is 7.80. The molecule has 4 heterocycles. The average Bonchev–Trinajstić information content (AvgIpc) is 3.68. The average molecular weight is 610 g/mol. The predicted octanol–water partition coefficient (Wildman–Crippen LogP) is 4.80. The molecule has 6 rings (SSSR count). The van der Waals surface area contributed by atoms with Crippen LogP contribution in [-0.4, -0.2) is 51.8 Å². The van der Waals surface area contributed by atoms with E-state index >= 15 is 4.39 Å². The third-order valence-corrected chi connectivity index (χ3v) is 7.80. The standard InChI is InChI=1S/C33H29F2N7O3/c1-8-20-16-22(17-21(9-2)28(20)34)42-30(27-19(3)39(13-12-24(27)37-42)32(44)45-33(4,5)6)41-15-14-40(31(41)43)26-11-10-25-23(29(26)35)18-36-38(25)7/h1-2,10-11,14-19H,12-13H2,3-7H3/t19-/m0/s1. The van der Waals surface area contributed by atoms with Gasteiger partial charge in [-0.05, 0) is 52.0 Å². The van der Waals surface area contributed by atoms with Gasteiger partial charge in [-0.15, -0.1) is 12.8 Å². The molecule has 228 valence electrons. The Morgan fingerprint density at radius 2 is 1.73 bits per heavy atom. The predicted molar refractivity (Wildman–Crippen MR) is 164 cm³/mol. The third kappa shape index (κ3) is 4.75. The van der Waals surface area contributed by atoms with Gasteiger partial charge in [0.15, 0.2) is 11.6 Å². The van der Waals surface area contributed by atoms with Gasteiger partial charge >= 0.3 is 11.8 Å². The molecule has 0 unspecified atom stereocenters. The van der Waals surface area contributed by atoms with Gasteiger partial charge in [0.25, 0.3) is 0 Å². The molecule has 1 aliphatic rings. The molecule has 1 amide bonds. The number of amides is 1. The topological polar surface area (TPSA) is 92.1 Å². The molecule has 0 radical (unpaired) electrons. The van der Waals surface area contributed by atoms with E-state index < -0.39 is 35.1 Å². The molecule has 2 aromatic carbocycles. The van der Waals surface area contributed by atoms with Crippen LogP contribution in [0.25, 0.3) is 28.1 Å². The maximum absolute atomic E-state index is 15.7. The number of terminal acetylenes is 2. The van der Waals surface area contributed by atoms with E-state index in [1.165, 1.54) is 55.3 Å². The van der Waals surface area contributed by atoms with E-state index in [9.17, 15) is 14.0 Å². The summed E-state index contributed by atoms with van der Waals surface area (Å²) in [7, 11) is 1.70. The number of nitrogens with zero attached hydrogens (tertiary/aromatic N) is 7. The number of hydrogen-bond acceptors (Lipinski definition) is 5. The number of hydrogen-bond donors (Lipinski definition) is 0. The summed E-state index contributed by atoms with van der Waals surface area (Å²) in [6.07, 6.45) is 15.3. The first-order valence-electron chi connectivity index (χ1n) is 14.1. The van der Waals surface area contributed by atoms with Crippen LogP contribution in [0.3, 0.4) is 0 Å². The first-order chi connectivity index (χ1) is 21.3. The highest BCUT2D eigenvalue weighted by Crippen LogP contribution is 2.36. The van der Waals surface area contributed by atoms with E-state index in [2.05, 4.69) is 16.9 Å². The van der Waals surface area contributed by atoms with E-state index in [4.69, 9.17) is 22.7 Å². The Kier molecular flexibility index (Phi) is 6.89. The highest BCUT2D eigenvalue weighted by molar-refractivity contribution is 5.81. The van der Waals surface area contributed by atoms with Crippen LogP contribution >= 0.6 is 0 Å². The molecule has 0 saturated heterocycles. The van der Waals surface area contributed by atoms with Gasteiger partial charge in [0.05, 0.1) is 51.3 Å². The number of imidazole rings is 1. The summed E-state index contributed by atoms with van der Waals surface area (Å²) in [6, 6.07) is 5.41. The van der Waals surface area contributed by atoms with Crippen molar-refractivity contribution in [2.24, 2.45) is 7.05 Å². The highest BCUT2D eigenvalue weighted by Gasteiger charge is 2.37. The maximum Gasteiger partial charge on any atom is 0.410 e. The minimum atomic E-state index is -0.733. The zero-order chi connectivity index (χ0) is 32.4. The fourth-order valence-electron chi connectivity index (χ4n) is 5.67. The zero-order valence-corrected chi connectivity index (χ0v) is 25.3. The number of aryl methyl sites for hydroxylation is 1. The van der Waals surface area contributed by atoms with Crippen LogP contribution in [0.4, 0.5) is 13.6 Å². The number of rotatable bonds is 3. The van der Waals surface area contributed by atoms with Crippen LogP contribution in [0.15, 0.2) is 47.7 Å². The highest BCUT2D eigenvalue weighted by atomic mass is 19.1. The Morgan fingerprint density at radius 1 is 1.07 bits per heavy atom. The molecule has 10 nitrogen and oxygen atoms in total. The van der Waals surface area contributed by atoms with Crippen LogP contribution in [0, 0.1) is 36.3 Å². The molecule has 1 aliphatic heterocycles. The molecule has 45 heavy (non-hydrogen) atoms. The number of halogens is 2. The number of carbonyl (C=O) groups excluding carboxylic acids is 1. The van der Waals surface area contributed by atoms with Crippen molar-refractivity contribution >= 4 is 17.0 Å². The molecule has 0 N–H and O–H groups in total. The molecule has 1 atom stereocenters. The SMILES string of the molecule is C#Cc1cc(-n2nc3c(c2-n2ccn(-c4ccc5c(cnn5C)c4F)c2=O)[C@H](C)N(C(=O)OC(C)(C)C)CC3)cc(C#C)c1F. The number of ether oxygens (including phenoxy) is 1. The van der Waals surface area contributed by atoms with Gasteiger partial charge in [-0.25, -0.2) is 23.1 Å². The van der Waals surface area contributed by atoms with E-state index in [1.807, 2.05) is 0 Å². The molecule has 0 spiro atoms. The van der Waals surface area contributed by atoms with Gasteiger partial charge in [-0.3, -0.25) is 13.8 Å². The summed E-state index contributed by atoms with van der Waals surface area (Å²) in [4.78, 5) is 28.9. The normalized spacial score (nSPS) is 14.7. The smallest absolute Gasteiger partial charge is 0.410 e. The number of fused-ring (bicyclic) bond motifs is 2. The van der Waals surface area contributed by atoms with Gasteiger partial charge in [0.1, 0.15) is 11.4 Å². The van der Waals surface area contributed by atoms with Crippen LogP contribution in [0.2, 0.25) is 0 Å². The molecule has 3 aromatic heterocycles. The van der Waals surface area contributed by atoms with Crippen molar-refractivity contribution < 1.29 is 18.3 Å². The Hall–Kier alpha value is -5.62. The monoisotopic (exact) mass is 609 g/mol. The van der Waals surface area contributed by atoms with Crippen molar-refractivity contribution in [1.82, 2.24) is 33.6 Å². The van der Waals surface area contributed by atoms with E-state index in [0.29, 0.717) is 35.4 Å². The van der Waals surface area contributed by atoms with Gasteiger partial charge in [-0.2, -0.15) is 10.2 Å². The van der Waals surface area contributed by atoms with E-state index in [0.717, 1.165) is 0 Å². The second kappa shape index (κ2) is 10.5. The lowest BCUT2D eigenvalue weighted by Crippen LogP contribution is -2.42. The molecule has 0 saturated carbocycles. The zero-order valence-electron chi connectivity index (χ0n) is 25.3. The lowest BCUT2D eigenvalue weighted by atomic mass is 9.99. The Morgan fingerprint density at radius 3 is 2.38 bits per heavy atom. The summed E-state index contributed by atoms with van der Waals surface area (Å²) < 4.78 is 41.7. The first-order valence-corrected chi connectivity index (χ1v) is 14.1. The number of benzene rings is 2. The van der Waals surface area contributed by atoms with Crippen molar-refractivity contribution in [3.05, 3.63) is 87.4 Å². The van der Waals surface area contributed by atoms with Gasteiger partial charge < -0.3 is 9.64 Å². The molecule has 5 aromatic rings. The van der Waals surface area contributed by atoms with Crippen molar-refractivity contribution in [1.29, 1.82) is 0 Å². The van der Waals surface area contributed by atoms with Gasteiger partial charge in [0, 0.05) is 38.0 Å². The number of aromatic nitrogens is 6. The summed E-state index contributed by atoms with van der Waals surface area (Å²) >= 11 is 0. The largest absolute Gasteiger partial charge is 0.444 e. The van der Waals surface area contributed by atoms with Crippen LogP contribution < -0.4 is 5.69 Å². The van der Waals surface area contributed by atoms with Crippen molar-refractivity contribution in [2.45, 2.75) is 45.8 Å². The molecular formula is C33H29F2N7O3. The minimum absolute atomic E-state index is 0.0219. The maximum atomic E-state index is 15.7. The van der Waals surface area contributed by atoms with E-state index in [-0.39, 0.29) is 28.0 Å². The minimum Gasteiger partial charge on any atom is -0.444 e. The van der Waals surface area contributed by atoms with Crippen molar-refractivity contribution in [3.63, 3.8) is 0 Å². The second-order valence-electron chi connectivity index (χ2n) is 11.8. The van der Waals surface area contributed by atoms with Crippen molar-refractivity contribution in [2.75, 3.05) is 6.54 Å². The molecule has 12 heteroatoms. The molecular weight excluding hydrogens is 580 g/mol. The van der Waals surface area contributed by atoms with Gasteiger partial charge in [0.2, 0.25) is 0 Å². The summed E-state index contributed by atoms with van der Waals surface area (Å²) in [5, 5.41) is 9.18. The second-order valence-corrected chi connectivity index (χ2v) is 11.8. The van der Waals surface area contributed by atoms with E-state index in [1.54, 1.807) is 45.7 Å². The van der Waals surface area contributed by atoms with Crippen molar-refractivity contribution in [3.8, 4) is 41.9 Å². The summed E-state index contributed by atoms with van der Waals surface area (Å²) in [6.45, 7) is 7.44. The van der Waals surface area contributed by atoms with Gasteiger partial charge in [-0.1, -0.05) is 11.8 Å². The summed E-state index contributed by atoms with van der Waals surface area (Å²) in [5.41, 5.74) is 0.547. The molecule has 0 bridgehead atoms. The Labute approximate surface area is 257 Å². The van der Waals surface area contributed by atoms with Crippen LogP contribution in [0.5, 0.6) is 0 Å².